The van der Waals surface area contributed by atoms with Crippen molar-refractivity contribution in [3.63, 3.8) is 0 Å². The van der Waals surface area contributed by atoms with Gasteiger partial charge in [-0.25, -0.2) is 0 Å². The van der Waals surface area contributed by atoms with E-state index in [0.717, 1.165) is 27.3 Å². The summed E-state index contributed by atoms with van der Waals surface area (Å²) in [5, 5.41) is 5.98. The lowest BCUT2D eigenvalue weighted by Crippen LogP contribution is -2.11. The smallest absolute Gasteiger partial charge is 0.228 e. The summed E-state index contributed by atoms with van der Waals surface area (Å²) in [5.74, 6) is -0.0215. The first kappa shape index (κ1) is 13.9. The Kier molecular flexibility index (Phi) is 3.50. The van der Waals surface area contributed by atoms with E-state index in [1.165, 1.54) is 11.3 Å². The molecule has 1 aliphatic rings. The highest BCUT2D eigenvalue weighted by Gasteiger charge is 2.24. The van der Waals surface area contributed by atoms with E-state index in [1.54, 1.807) is 6.07 Å². The molecule has 0 aliphatic carbocycles. The van der Waals surface area contributed by atoms with Crippen LogP contribution in [0.2, 0.25) is 10.0 Å². The average Bonchev–Trinajstić information content (AvgIpc) is 2.91. The molecule has 1 aromatic carbocycles. The van der Waals surface area contributed by atoms with Crippen molar-refractivity contribution in [2.24, 2.45) is 5.73 Å². The number of thiophene rings is 1. The van der Waals surface area contributed by atoms with E-state index in [0.29, 0.717) is 16.5 Å². The van der Waals surface area contributed by atoms with Gasteiger partial charge in [0.2, 0.25) is 5.91 Å². The summed E-state index contributed by atoms with van der Waals surface area (Å²) in [4.78, 5) is 12.3. The molecule has 0 saturated heterocycles. The molecular weight excluding hydrogens is 315 g/mol. The molecule has 0 fully saturated rings. The van der Waals surface area contributed by atoms with E-state index in [1.807, 2.05) is 18.4 Å². The minimum absolute atomic E-state index is 0.0215. The Morgan fingerprint density at radius 1 is 1.40 bits per heavy atom. The van der Waals surface area contributed by atoms with Crippen LogP contribution in [0, 0.1) is 6.92 Å². The standard InChI is InChI=1S/C14H12Cl2N2OS/c1-6-5-20-14(12(6)16)13(17)8-2-7-3-11(19)18-10(7)4-9(8)15/h2,4-5,13H,3,17H2,1H3,(H,18,19). The van der Waals surface area contributed by atoms with Gasteiger partial charge in [-0.15, -0.1) is 11.3 Å². The number of hydrogen-bond donors (Lipinski definition) is 2. The molecular formula is C14H12Cl2N2OS. The first-order valence-corrected chi connectivity index (χ1v) is 7.72. The molecule has 0 bridgehead atoms. The largest absolute Gasteiger partial charge is 0.325 e. The van der Waals surface area contributed by atoms with Crippen LogP contribution in [-0.2, 0) is 11.2 Å². The first-order chi connectivity index (χ1) is 9.47. The Labute approximate surface area is 130 Å². The molecule has 6 heteroatoms. The maximum atomic E-state index is 11.4. The Morgan fingerprint density at radius 3 is 2.80 bits per heavy atom. The molecule has 0 saturated carbocycles. The molecule has 1 atom stereocenters. The molecule has 2 heterocycles. The number of nitrogens with one attached hydrogen (secondary N) is 1. The van der Waals surface area contributed by atoms with Gasteiger partial charge in [0.15, 0.2) is 0 Å². The number of halogens is 2. The fourth-order valence-electron chi connectivity index (χ4n) is 2.31. The van der Waals surface area contributed by atoms with Crippen molar-refractivity contribution in [2.45, 2.75) is 19.4 Å². The number of carbonyl (C=O) groups excluding carboxylic acids is 1. The van der Waals surface area contributed by atoms with Gasteiger partial charge in [0.05, 0.1) is 17.5 Å². The molecule has 3 N–H and O–H groups in total. The molecule has 0 radical (unpaired) electrons. The van der Waals surface area contributed by atoms with Crippen molar-refractivity contribution >= 4 is 46.1 Å². The van der Waals surface area contributed by atoms with Crippen LogP contribution in [0.5, 0.6) is 0 Å². The zero-order valence-electron chi connectivity index (χ0n) is 10.7. The summed E-state index contributed by atoms with van der Waals surface area (Å²) in [7, 11) is 0. The number of anilines is 1. The summed E-state index contributed by atoms with van der Waals surface area (Å²) in [6, 6.07) is 3.27. The van der Waals surface area contributed by atoms with Gasteiger partial charge >= 0.3 is 0 Å². The molecule has 104 valence electrons. The number of rotatable bonds is 2. The lowest BCUT2D eigenvalue weighted by Gasteiger charge is -2.14. The number of nitrogens with two attached hydrogens (primary N) is 1. The van der Waals surface area contributed by atoms with Gasteiger partial charge in [0.25, 0.3) is 0 Å². The van der Waals surface area contributed by atoms with Crippen molar-refractivity contribution in [3.05, 3.63) is 49.1 Å². The number of carbonyl (C=O) groups is 1. The van der Waals surface area contributed by atoms with Gasteiger partial charge in [-0.3, -0.25) is 4.79 Å². The molecule has 20 heavy (non-hydrogen) atoms. The highest BCUT2D eigenvalue weighted by molar-refractivity contribution is 7.10. The van der Waals surface area contributed by atoms with Crippen LogP contribution in [0.4, 0.5) is 5.69 Å². The highest BCUT2D eigenvalue weighted by atomic mass is 35.5. The normalized spacial score (nSPS) is 15.1. The third-order valence-electron chi connectivity index (χ3n) is 3.39. The molecule has 0 spiro atoms. The summed E-state index contributed by atoms with van der Waals surface area (Å²) in [6.07, 6.45) is 0.365. The maximum Gasteiger partial charge on any atom is 0.228 e. The fourth-order valence-corrected chi connectivity index (χ4v) is 3.92. The minimum Gasteiger partial charge on any atom is -0.325 e. The van der Waals surface area contributed by atoms with Crippen LogP contribution in [0.3, 0.4) is 0 Å². The molecule has 3 nitrogen and oxygen atoms in total. The Hall–Kier alpha value is -1.07. The molecule has 2 aromatic rings. The fraction of sp³-hybridized carbons (Fsp3) is 0.214. The number of hydrogen-bond acceptors (Lipinski definition) is 3. The van der Waals surface area contributed by atoms with Crippen LogP contribution in [-0.4, -0.2) is 5.91 Å². The third kappa shape index (κ3) is 2.23. The SMILES string of the molecule is Cc1csc(C(N)c2cc3c(cc2Cl)NC(=O)C3)c1Cl. The van der Waals surface area contributed by atoms with E-state index in [9.17, 15) is 4.79 Å². The molecule has 1 unspecified atom stereocenters. The summed E-state index contributed by atoms with van der Waals surface area (Å²) in [6.45, 7) is 1.95. The van der Waals surface area contributed by atoms with E-state index >= 15 is 0 Å². The van der Waals surface area contributed by atoms with Crippen molar-refractivity contribution in [1.29, 1.82) is 0 Å². The van der Waals surface area contributed by atoms with E-state index in [-0.39, 0.29) is 11.9 Å². The van der Waals surface area contributed by atoms with Crippen LogP contribution >= 0.6 is 34.5 Å². The quantitative estimate of drug-likeness (QED) is 0.879. The van der Waals surface area contributed by atoms with Crippen LogP contribution in [0.1, 0.15) is 27.6 Å². The molecule has 3 rings (SSSR count). The highest BCUT2D eigenvalue weighted by Crippen LogP contribution is 2.39. The van der Waals surface area contributed by atoms with Gasteiger partial charge in [0.1, 0.15) is 0 Å². The van der Waals surface area contributed by atoms with Gasteiger partial charge < -0.3 is 11.1 Å². The number of amides is 1. The maximum absolute atomic E-state index is 11.4. The predicted molar refractivity (Wildman–Crippen MR) is 83.9 cm³/mol. The third-order valence-corrected chi connectivity index (χ3v) is 5.51. The van der Waals surface area contributed by atoms with Gasteiger partial charge in [-0.1, -0.05) is 23.2 Å². The summed E-state index contributed by atoms with van der Waals surface area (Å²) < 4.78 is 0. The van der Waals surface area contributed by atoms with Crippen LogP contribution < -0.4 is 11.1 Å². The zero-order valence-corrected chi connectivity index (χ0v) is 13.0. The van der Waals surface area contributed by atoms with Crippen molar-refractivity contribution in [3.8, 4) is 0 Å². The van der Waals surface area contributed by atoms with Gasteiger partial charge in [0, 0.05) is 15.6 Å². The van der Waals surface area contributed by atoms with E-state index in [2.05, 4.69) is 5.32 Å². The zero-order chi connectivity index (χ0) is 14.4. The summed E-state index contributed by atoms with van der Waals surface area (Å²) >= 11 is 14.1. The number of fused-ring (bicyclic) bond motifs is 1. The van der Waals surface area contributed by atoms with E-state index < -0.39 is 0 Å². The monoisotopic (exact) mass is 326 g/mol. The van der Waals surface area contributed by atoms with Crippen molar-refractivity contribution in [2.75, 3.05) is 5.32 Å². The van der Waals surface area contributed by atoms with Crippen LogP contribution in [0.15, 0.2) is 17.5 Å². The Morgan fingerprint density at radius 2 is 2.15 bits per heavy atom. The average molecular weight is 327 g/mol. The second kappa shape index (κ2) is 5.04. The number of benzene rings is 1. The second-order valence-corrected chi connectivity index (χ2v) is 6.53. The van der Waals surface area contributed by atoms with Gasteiger partial charge in [-0.05, 0) is 41.1 Å². The topological polar surface area (TPSA) is 55.1 Å². The molecule has 1 aromatic heterocycles. The Balaban J connectivity index is 2.05. The van der Waals surface area contributed by atoms with Crippen molar-refractivity contribution < 1.29 is 4.79 Å². The van der Waals surface area contributed by atoms with Gasteiger partial charge in [-0.2, -0.15) is 0 Å². The minimum atomic E-state index is -0.380. The molecule has 1 amide bonds. The van der Waals surface area contributed by atoms with E-state index in [4.69, 9.17) is 28.9 Å². The lowest BCUT2D eigenvalue weighted by molar-refractivity contribution is -0.115. The number of aryl methyl sites for hydroxylation is 1. The second-order valence-electron chi connectivity index (χ2n) is 4.83. The van der Waals surface area contributed by atoms with Crippen LogP contribution in [0.25, 0.3) is 0 Å². The summed E-state index contributed by atoms with van der Waals surface area (Å²) in [5.41, 5.74) is 9.80. The van der Waals surface area contributed by atoms with Crippen molar-refractivity contribution in [1.82, 2.24) is 0 Å². The Bertz CT molecular complexity index is 711. The first-order valence-electron chi connectivity index (χ1n) is 6.08. The molecule has 1 aliphatic heterocycles. The lowest BCUT2D eigenvalue weighted by atomic mass is 10.0. The predicted octanol–water partition coefficient (Wildman–Crippen LogP) is 3.91.